The van der Waals surface area contributed by atoms with Gasteiger partial charge in [-0.2, -0.15) is 5.26 Å². The summed E-state index contributed by atoms with van der Waals surface area (Å²) < 4.78 is 0. The molecule has 5 nitrogen and oxygen atoms in total. The molecule has 1 aromatic carbocycles. The third-order valence-corrected chi connectivity index (χ3v) is 3.23. The fourth-order valence-electron chi connectivity index (χ4n) is 2.18. The van der Waals surface area contributed by atoms with Crippen LogP contribution in [0.15, 0.2) is 30.3 Å². The Bertz CT molecular complexity index is 521. The van der Waals surface area contributed by atoms with E-state index in [4.69, 9.17) is 5.26 Å². The molecule has 1 atom stereocenters. The number of nitrogens with zero attached hydrogens (tertiary/aromatic N) is 3. The molecule has 1 saturated heterocycles. The molecule has 2 amide bonds. The highest BCUT2D eigenvalue weighted by Crippen LogP contribution is 2.21. The van der Waals surface area contributed by atoms with E-state index in [-0.39, 0.29) is 31.3 Å². The number of para-hydroxylation sites is 1. The van der Waals surface area contributed by atoms with Crippen LogP contribution in [-0.4, -0.2) is 35.8 Å². The molecule has 1 aliphatic rings. The summed E-state index contributed by atoms with van der Waals surface area (Å²) in [6.07, 6.45) is 0.176. The Balaban J connectivity index is 2.19. The van der Waals surface area contributed by atoms with E-state index in [9.17, 15) is 9.59 Å². The Hall–Kier alpha value is -2.35. The van der Waals surface area contributed by atoms with Crippen LogP contribution in [0.4, 0.5) is 5.69 Å². The monoisotopic (exact) mass is 257 g/mol. The van der Waals surface area contributed by atoms with Gasteiger partial charge in [0, 0.05) is 12.2 Å². The van der Waals surface area contributed by atoms with Crippen molar-refractivity contribution in [2.45, 2.75) is 19.4 Å². The number of imide groups is 1. The van der Waals surface area contributed by atoms with Crippen molar-refractivity contribution in [3.05, 3.63) is 30.3 Å². The Morgan fingerprint density at radius 3 is 2.63 bits per heavy atom. The first-order chi connectivity index (χ1) is 9.15. The first kappa shape index (κ1) is 13.1. The Morgan fingerprint density at radius 1 is 1.32 bits per heavy atom. The second-order valence-corrected chi connectivity index (χ2v) is 4.43. The lowest BCUT2D eigenvalue weighted by molar-refractivity contribution is -0.147. The van der Waals surface area contributed by atoms with Gasteiger partial charge in [0.1, 0.15) is 6.04 Å². The van der Waals surface area contributed by atoms with Gasteiger partial charge >= 0.3 is 0 Å². The van der Waals surface area contributed by atoms with Crippen LogP contribution in [0, 0.1) is 11.3 Å². The number of rotatable bonds is 3. The first-order valence-corrected chi connectivity index (χ1v) is 6.18. The number of anilines is 1. The molecule has 1 fully saturated rings. The summed E-state index contributed by atoms with van der Waals surface area (Å²) in [5.41, 5.74) is 0.858. The molecular formula is C14H15N3O2. The number of amides is 2. The predicted octanol–water partition coefficient (Wildman–Crippen LogP) is 1.16. The van der Waals surface area contributed by atoms with E-state index in [1.54, 1.807) is 11.8 Å². The maximum absolute atomic E-state index is 12.2. The standard InChI is InChI=1S/C14H15N3O2/c1-11-14(19)16(9-5-8-15)13(18)10-17(11)12-6-3-2-4-7-12/h2-4,6-7,11H,5,9-10H2,1H3. The zero-order chi connectivity index (χ0) is 13.8. The molecule has 0 saturated carbocycles. The normalized spacial score (nSPS) is 19.5. The van der Waals surface area contributed by atoms with Gasteiger partial charge in [0.15, 0.2) is 0 Å². The number of benzene rings is 1. The summed E-state index contributed by atoms with van der Waals surface area (Å²) >= 11 is 0. The number of piperazine rings is 1. The zero-order valence-electron chi connectivity index (χ0n) is 10.7. The van der Waals surface area contributed by atoms with E-state index in [0.29, 0.717) is 0 Å². The molecule has 5 heteroatoms. The lowest BCUT2D eigenvalue weighted by atomic mass is 10.1. The molecule has 0 aliphatic carbocycles. The summed E-state index contributed by atoms with van der Waals surface area (Å²) in [6, 6.07) is 11.0. The number of carbonyl (C=O) groups is 2. The van der Waals surface area contributed by atoms with E-state index in [1.165, 1.54) is 4.90 Å². The number of hydrogen-bond donors (Lipinski definition) is 0. The molecule has 1 aromatic rings. The lowest BCUT2D eigenvalue weighted by Crippen LogP contribution is -2.59. The van der Waals surface area contributed by atoms with Crippen LogP contribution in [-0.2, 0) is 9.59 Å². The molecule has 0 aromatic heterocycles. The number of hydrogen-bond acceptors (Lipinski definition) is 4. The summed E-state index contributed by atoms with van der Waals surface area (Å²) in [6.45, 7) is 2.13. The van der Waals surface area contributed by atoms with Crippen LogP contribution in [0.5, 0.6) is 0 Å². The van der Waals surface area contributed by atoms with E-state index < -0.39 is 6.04 Å². The number of carbonyl (C=O) groups excluding carboxylic acids is 2. The summed E-state index contributed by atoms with van der Waals surface area (Å²) in [4.78, 5) is 27.1. The minimum Gasteiger partial charge on any atom is -0.350 e. The maximum atomic E-state index is 12.2. The highest BCUT2D eigenvalue weighted by atomic mass is 16.2. The van der Waals surface area contributed by atoms with Crippen LogP contribution < -0.4 is 4.90 Å². The third-order valence-electron chi connectivity index (χ3n) is 3.23. The first-order valence-electron chi connectivity index (χ1n) is 6.18. The Kier molecular flexibility index (Phi) is 3.81. The van der Waals surface area contributed by atoms with E-state index >= 15 is 0 Å². The van der Waals surface area contributed by atoms with Gasteiger partial charge in [-0.15, -0.1) is 0 Å². The second-order valence-electron chi connectivity index (χ2n) is 4.43. The molecule has 98 valence electrons. The molecule has 19 heavy (non-hydrogen) atoms. The molecule has 1 unspecified atom stereocenters. The summed E-state index contributed by atoms with van der Waals surface area (Å²) in [7, 11) is 0. The number of nitriles is 1. The van der Waals surface area contributed by atoms with Gasteiger partial charge in [-0.1, -0.05) is 18.2 Å². The summed E-state index contributed by atoms with van der Waals surface area (Å²) in [5, 5.41) is 8.56. The van der Waals surface area contributed by atoms with Gasteiger partial charge in [-0.05, 0) is 19.1 Å². The average Bonchev–Trinajstić information content (AvgIpc) is 2.44. The predicted molar refractivity (Wildman–Crippen MR) is 70.2 cm³/mol. The minimum absolute atomic E-state index is 0.169. The van der Waals surface area contributed by atoms with Crippen molar-refractivity contribution >= 4 is 17.5 Å². The van der Waals surface area contributed by atoms with Crippen LogP contribution in [0.2, 0.25) is 0 Å². The molecule has 1 heterocycles. The van der Waals surface area contributed by atoms with Crippen molar-refractivity contribution in [1.82, 2.24) is 4.90 Å². The van der Waals surface area contributed by atoms with Crippen molar-refractivity contribution in [3.8, 4) is 6.07 Å². The van der Waals surface area contributed by atoms with Gasteiger partial charge in [0.25, 0.3) is 5.91 Å². The van der Waals surface area contributed by atoms with Gasteiger partial charge in [0.05, 0.1) is 19.0 Å². The largest absolute Gasteiger partial charge is 0.350 e. The van der Waals surface area contributed by atoms with E-state index in [0.717, 1.165) is 5.69 Å². The molecule has 1 aliphatic heterocycles. The quantitative estimate of drug-likeness (QED) is 0.762. The lowest BCUT2D eigenvalue weighted by Gasteiger charge is -2.38. The smallest absolute Gasteiger partial charge is 0.251 e. The Labute approximate surface area is 112 Å². The summed E-state index contributed by atoms with van der Waals surface area (Å²) in [5.74, 6) is -0.488. The fourth-order valence-corrected chi connectivity index (χ4v) is 2.18. The second kappa shape index (κ2) is 5.53. The average molecular weight is 257 g/mol. The minimum atomic E-state index is -0.390. The fraction of sp³-hybridized carbons (Fsp3) is 0.357. The van der Waals surface area contributed by atoms with Crippen LogP contribution >= 0.6 is 0 Å². The molecule has 0 radical (unpaired) electrons. The molecular weight excluding hydrogens is 242 g/mol. The molecule has 0 N–H and O–H groups in total. The SMILES string of the molecule is CC1C(=O)N(CCC#N)C(=O)CN1c1ccccc1. The van der Waals surface area contributed by atoms with Crippen molar-refractivity contribution < 1.29 is 9.59 Å². The topological polar surface area (TPSA) is 64.4 Å². The van der Waals surface area contributed by atoms with E-state index in [1.807, 2.05) is 36.4 Å². The highest BCUT2D eigenvalue weighted by molar-refractivity contribution is 6.04. The van der Waals surface area contributed by atoms with Gasteiger partial charge in [0.2, 0.25) is 5.91 Å². The van der Waals surface area contributed by atoms with Crippen LogP contribution in [0.3, 0.4) is 0 Å². The van der Waals surface area contributed by atoms with Crippen molar-refractivity contribution in [3.63, 3.8) is 0 Å². The molecule has 2 rings (SSSR count). The van der Waals surface area contributed by atoms with Gasteiger partial charge in [-0.3, -0.25) is 14.5 Å². The van der Waals surface area contributed by atoms with Crippen LogP contribution in [0.1, 0.15) is 13.3 Å². The Morgan fingerprint density at radius 2 is 2.00 bits per heavy atom. The van der Waals surface area contributed by atoms with Gasteiger partial charge < -0.3 is 4.90 Å². The zero-order valence-corrected chi connectivity index (χ0v) is 10.7. The van der Waals surface area contributed by atoms with E-state index in [2.05, 4.69) is 0 Å². The highest BCUT2D eigenvalue weighted by Gasteiger charge is 2.36. The maximum Gasteiger partial charge on any atom is 0.251 e. The molecule has 0 spiro atoms. The molecule has 0 bridgehead atoms. The van der Waals surface area contributed by atoms with Crippen molar-refractivity contribution in [1.29, 1.82) is 5.26 Å². The van der Waals surface area contributed by atoms with Crippen molar-refractivity contribution in [2.75, 3.05) is 18.0 Å². The van der Waals surface area contributed by atoms with Gasteiger partial charge in [-0.25, -0.2) is 0 Å². The van der Waals surface area contributed by atoms with Crippen LogP contribution in [0.25, 0.3) is 0 Å². The third kappa shape index (κ3) is 2.58. The van der Waals surface area contributed by atoms with Crippen molar-refractivity contribution in [2.24, 2.45) is 0 Å².